The van der Waals surface area contributed by atoms with Gasteiger partial charge in [-0.25, -0.2) is 4.79 Å². The first-order valence-corrected chi connectivity index (χ1v) is 11.5. The molecular formula is C27H38N2O4. The van der Waals surface area contributed by atoms with Crippen molar-refractivity contribution < 1.29 is 19.1 Å². The summed E-state index contributed by atoms with van der Waals surface area (Å²) in [5.41, 5.74) is 5.23. The van der Waals surface area contributed by atoms with Gasteiger partial charge in [-0.2, -0.15) is 0 Å². The highest BCUT2D eigenvalue weighted by Crippen LogP contribution is 2.21. The number of hydrogen-bond donors (Lipinski definition) is 2. The van der Waals surface area contributed by atoms with E-state index in [1.807, 2.05) is 39.0 Å². The maximum atomic E-state index is 12.4. The average Bonchev–Trinajstić information content (AvgIpc) is 2.73. The molecule has 0 radical (unpaired) electrons. The molecule has 0 heterocycles. The summed E-state index contributed by atoms with van der Waals surface area (Å²) in [6.07, 6.45) is 2.32. The molecule has 0 aromatic heterocycles. The minimum Gasteiger partial charge on any atom is -0.496 e. The lowest BCUT2D eigenvalue weighted by Crippen LogP contribution is -2.33. The number of hydrogen-bond acceptors (Lipinski definition) is 4. The van der Waals surface area contributed by atoms with E-state index in [1.54, 1.807) is 7.11 Å². The molecule has 0 aliphatic carbocycles. The van der Waals surface area contributed by atoms with Crippen LogP contribution in [0.1, 0.15) is 55.0 Å². The van der Waals surface area contributed by atoms with Crippen LogP contribution in [0.4, 0.5) is 4.79 Å². The molecule has 0 bridgehead atoms. The van der Waals surface area contributed by atoms with Crippen LogP contribution in [0.25, 0.3) is 0 Å². The average molecular weight is 455 g/mol. The van der Waals surface area contributed by atoms with Crippen molar-refractivity contribution in [3.05, 3.63) is 64.2 Å². The topological polar surface area (TPSA) is 76.7 Å². The zero-order valence-electron chi connectivity index (χ0n) is 20.8. The van der Waals surface area contributed by atoms with Gasteiger partial charge in [0.05, 0.1) is 13.5 Å². The first-order chi connectivity index (χ1) is 15.6. The van der Waals surface area contributed by atoms with Crippen molar-refractivity contribution in [2.75, 3.05) is 20.2 Å². The van der Waals surface area contributed by atoms with Crippen molar-refractivity contribution in [1.29, 1.82) is 0 Å². The van der Waals surface area contributed by atoms with Crippen molar-refractivity contribution in [2.45, 2.75) is 65.9 Å². The minimum atomic E-state index is -0.524. The molecule has 2 amide bonds. The fourth-order valence-electron chi connectivity index (χ4n) is 3.45. The normalized spacial score (nSPS) is 11.1. The second-order valence-electron chi connectivity index (χ2n) is 9.37. The Morgan fingerprint density at radius 1 is 0.879 bits per heavy atom. The number of alkyl carbamates (subject to hydrolysis) is 1. The smallest absolute Gasteiger partial charge is 0.407 e. The second-order valence-corrected chi connectivity index (χ2v) is 9.37. The van der Waals surface area contributed by atoms with Crippen LogP contribution >= 0.6 is 0 Å². The lowest BCUT2D eigenvalue weighted by Gasteiger charge is -2.19. The molecule has 0 aliphatic rings. The summed E-state index contributed by atoms with van der Waals surface area (Å²) >= 11 is 0. The van der Waals surface area contributed by atoms with Crippen LogP contribution < -0.4 is 15.4 Å². The van der Waals surface area contributed by atoms with Gasteiger partial charge in [0, 0.05) is 13.1 Å². The van der Waals surface area contributed by atoms with Gasteiger partial charge in [-0.05, 0) is 87.8 Å². The predicted octanol–water partition coefficient (Wildman–Crippen LogP) is 4.67. The number of carbonyl (C=O) groups excluding carboxylic acids is 2. The maximum Gasteiger partial charge on any atom is 0.407 e. The van der Waals surface area contributed by atoms with Crippen LogP contribution in [0.15, 0.2) is 36.4 Å². The highest BCUT2D eigenvalue weighted by atomic mass is 16.6. The summed E-state index contributed by atoms with van der Waals surface area (Å²) in [5.74, 6) is 0.706. The first-order valence-electron chi connectivity index (χ1n) is 11.5. The van der Waals surface area contributed by atoms with Crippen molar-refractivity contribution in [2.24, 2.45) is 0 Å². The summed E-state index contributed by atoms with van der Waals surface area (Å²) in [7, 11) is 1.61. The van der Waals surface area contributed by atoms with Gasteiger partial charge in [0.1, 0.15) is 11.4 Å². The van der Waals surface area contributed by atoms with Gasteiger partial charge in [-0.15, -0.1) is 0 Å². The summed E-state index contributed by atoms with van der Waals surface area (Å²) in [4.78, 5) is 24.1. The number of benzene rings is 2. The quantitative estimate of drug-likeness (QED) is 0.512. The molecule has 0 atom stereocenters. The van der Waals surface area contributed by atoms with E-state index in [4.69, 9.17) is 9.47 Å². The maximum absolute atomic E-state index is 12.4. The molecule has 0 aliphatic heterocycles. The highest BCUT2D eigenvalue weighted by Gasteiger charge is 2.16. The Kier molecular flexibility index (Phi) is 9.76. The van der Waals surface area contributed by atoms with Crippen molar-refractivity contribution in [1.82, 2.24) is 10.6 Å². The molecule has 0 fully saturated rings. The van der Waals surface area contributed by atoms with Crippen molar-refractivity contribution in [3.63, 3.8) is 0 Å². The van der Waals surface area contributed by atoms with E-state index in [9.17, 15) is 9.59 Å². The summed E-state index contributed by atoms with van der Waals surface area (Å²) in [6, 6.07) is 12.3. The molecule has 2 aromatic carbocycles. The third-order valence-electron chi connectivity index (χ3n) is 5.31. The Balaban J connectivity index is 1.77. The molecule has 33 heavy (non-hydrogen) atoms. The fourth-order valence-corrected chi connectivity index (χ4v) is 3.45. The van der Waals surface area contributed by atoms with E-state index in [0.29, 0.717) is 31.7 Å². The van der Waals surface area contributed by atoms with E-state index in [0.717, 1.165) is 24.0 Å². The number of ether oxygens (including phenoxy) is 2. The standard InChI is InChI=1S/C27H38N2O4/c1-19-9-10-21(16-20(19)2)8-7-14-28-25(30)18-22-11-12-23(24(17-22)32-6)13-15-29-26(31)33-27(3,4)5/h9-12,16-17H,7-8,13-15,18H2,1-6H3,(H,28,30)(H,29,31). The summed E-state index contributed by atoms with van der Waals surface area (Å²) < 4.78 is 10.7. The molecule has 6 nitrogen and oxygen atoms in total. The minimum absolute atomic E-state index is 0.00326. The molecule has 180 valence electrons. The number of nitrogens with one attached hydrogen (secondary N) is 2. The monoisotopic (exact) mass is 454 g/mol. The number of carbonyl (C=O) groups is 2. The van der Waals surface area contributed by atoms with Gasteiger partial charge in [0.25, 0.3) is 0 Å². The van der Waals surface area contributed by atoms with Gasteiger partial charge in [-0.3, -0.25) is 4.79 Å². The molecular weight excluding hydrogens is 416 g/mol. The Hall–Kier alpha value is -3.02. The lowest BCUT2D eigenvalue weighted by molar-refractivity contribution is -0.120. The van der Waals surface area contributed by atoms with E-state index >= 15 is 0 Å². The van der Waals surface area contributed by atoms with E-state index < -0.39 is 11.7 Å². The van der Waals surface area contributed by atoms with E-state index in [1.165, 1.54) is 16.7 Å². The Bertz CT molecular complexity index is 948. The number of amides is 2. The fraction of sp³-hybridized carbons (Fsp3) is 0.481. The Labute approximate surface area is 198 Å². The zero-order chi connectivity index (χ0) is 24.4. The SMILES string of the molecule is COc1cc(CC(=O)NCCCc2ccc(C)c(C)c2)ccc1CCNC(=O)OC(C)(C)C. The van der Waals surface area contributed by atoms with Crippen molar-refractivity contribution >= 4 is 12.0 Å². The van der Waals surface area contributed by atoms with Crippen LogP contribution in [0.3, 0.4) is 0 Å². The zero-order valence-corrected chi connectivity index (χ0v) is 20.8. The molecule has 6 heteroatoms. The van der Waals surface area contributed by atoms with Gasteiger partial charge < -0.3 is 20.1 Å². The van der Waals surface area contributed by atoms with E-state index in [2.05, 4.69) is 42.7 Å². The van der Waals surface area contributed by atoms with Crippen LogP contribution in [0.2, 0.25) is 0 Å². The molecule has 2 rings (SSSR count). The first kappa shape index (κ1) is 26.2. The van der Waals surface area contributed by atoms with Gasteiger partial charge in [-0.1, -0.05) is 30.3 Å². The van der Waals surface area contributed by atoms with Crippen LogP contribution in [-0.4, -0.2) is 37.8 Å². The molecule has 0 saturated heterocycles. The van der Waals surface area contributed by atoms with Gasteiger partial charge in [0.15, 0.2) is 0 Å². The number of rotatable bonds is 10. The Morgan fingerprint density at radius 3 is 2.27 bits per heavy atom. The van der Waals surface area contributed by atoms with Crippen LogP contribution in [0, 0.1) is 13.8 Å². The van der Waals surface area contributed by atoms with Crippen LogP contribution in [0.5, 0.6) is 5.75 Å². The third-order valence-corrected chi connectivity index (χ3v) is 5.31. The van der Waals surface area contributed by atoms with Gasteiger partial charge in [0.2, 0.25) is 5.91 Å². The Morgan fingerprint density at radius 2 is 1.61 bits per heavy atom. The summed E-state index contributed by atoms with van der Waals surface area (Å²) in [5, 5.41) is 5.75. The molecule has 2 aromatic rings. The summed E-state index contributed by atoms with van der Waals surface area (Å²) in [6.45, 7) is 10.8. The predicted molar refractivity (Wildman–Crippen MR) is 132 cm³/mol. The largest absolute Gasteiger partial charge is 0.496 e. The molecule has 0 saturated carbocycles. The van der Waals surface area contributed by atoms with Crippen molar-refractivity contribution in [3.8, 4) is 5.75 Å². The number of aryl methyl sites for hydroxylation is 3. The lowest BCUT2D eigenvalue weighted by atomic mass is 10.0. The highest BCUT2D eigenvalue weighted by molar-refractivity contribution is 5.78. The van der Waals surface area contributed by atoms with E-state index in [-0.39, 0.29) is 5.91 Å². The third kappa shape index (κ3) is 9.56. The molecule has 2 N–H and O–H groups in total. The van der Waals surface area contributed by atoms with Gasteiger partial charge >= 0.3 is 6.09 Å². The molecule has 0 unspecified atom stereocenters. The molecule has 0 spiro atoms. The van der Waals surface area contributed by atoms with Crippen LogP contribution in [-0.2, 0) is 28.8 Å². The second kappa shape index (κ2) is 12.3. The number of methoxy groups -OCH3 is 1.